The van der Waals surface area contributed by atoms with Gasteiger partial charge in [0.2, 0.25) is 0 Å². The molecule has 0 saturated carbocycles. The zero-order chi connectivity index (χ0) is 13.4. The fourth-order valence-electron chi connectivity index (χ4n) is 1.35. The predicted molar refractivity (Wildman–Crippen MR) is 71.4 cm³/mol. The molecule has 0 bridgehead atoms. The molecule has 0 aliphatic carbocycles. The SMILES string of the molecule is CCCNC(N)=NCc1ccc(C(=O)OC)cc1. The van der Waals surface area contributed by atoms with E-state index in [9.17, 15) is 4.79 Å². The first-order valence-corrected chi connectivity index (χ1v) is 5.88. The molecule has 0 heterocycles. The largest absolute Gasteiger partial charge is 0.465 e. The number of carbonyl (C=O) groups is 1. The maximum absolute atomic E-state index is 11.2. The summed E-state index contributed by atoms with van der Waals surface area (Å²) in [6.07, 6.45) is 1.00. The third-order valence-corrected chi connectivity index (χ3v) is 2.36. The summed E-state index contributed by atoms with van der Waals surface area (Å²) in [5.74, 6) is 0.100. The molecule has 18 heavy (non-hydrogen) atoms. The second kappa shape index (κ2) is 7.32. The number of hydrogen-bond acceptors (Lipinski definition) is 3. The van der Waals surface area contributed by atoms with Crippen molar-refractivity contribution in [3.05, 3.63) is 35.4 Å². The van der Waals surface area contributed by atoms with Gasteiger partial charge in [0, 0.05) is 6.54 Å². The minimum absolute atomic E-state index is 0.339. The number of ether oxygens (including phenoxy) is 1. The molecule has 0 spiro atoms. The van der Waals surface area contributed by atoms with Gasteiger partial charge in [-0.15, -0.1) is 0 Å². The number of benzene rings is 1. The fraction of sp³-hybridized carbons (Fsp3) is 0.385. The molecule has 5 heteroatoms. The Morgan fingerprint density at radius 3 is 2.61 bits per heavy atom. The molecular weight excluding hydrogens is 230 g/mol. The van der Waals surface area contributed by atoms with E-state index in [2.05, 4.69) is 22.0 Å². The van der Waals surface area contributed by atoms with Crippen molar-refractivity contribution in [1.82, 2.24) is 5.32 Å². The lowest BCUT2D eigenvalue weighted by atomic mass is 10.1. The molecule has 98 valence electrons. The van der Waals surface area contributed by atoms with Crippen molar-refractivity contribution in [2.24, 2.45) is 10.7 Å². The summed E-state index contributed by atoms with van der Waals surface area (Å²) in [4.78, 5) is 15.4. The van der Waals surface area contributed by atoms with Gasteiger partial charge >= 0.3 is 5.97 Å². The van der Waals surface area contributed by atoms with Crippen LogP contribution in [0.5, 0.6) is 0 Å². The Morgan fingerprint density at radius 1 is 1.39 bits per heavy atom. The molecule has 0 aliphatic rings. The molecule has 0 fully saturated rings. The van der Waals surface area contributed by atoms with E-state index in [0.717, 1.165) is 18.5 Å². The molecule has 0 atom stereocenters. The van der Waals surface area contributed by atoms with E-state index < -0.39 is 0 Å². The van der Waals surface area contributed by atoms with Crippen molar-refractivity contribution in [3.8, 4) is 0 Å². The maximum atomic E-state index is 11.2. The van der Waals surface area contributed by atoms with Crippen LogP contribution < -0.4 is 11.1 Å². The number of aliphatic imine (C=N–C) groups is 1. The Hall–Kier alpha value is -2.04. The Bertz CT molecular complexity index is 413. The number of esters is 1. The molecule has 0 unspecified atom stereocenters. The second-order valence-corrected chi connectivity index (χ2v) is 3.82. The van der Waals surface area contributed by atoms with E-state index in [0.29, 0.717) is 18.1 Å². The minimum atomic E-state index is -0.339. The van der Waals surface area contributed by atoms with Crippen LogP contribution in [0.25, 0.3) is 0 Å². The number of guanidine groups is 1. The number of nitrogens with one attached hydrogen (secondary N) is 1. The number of nitrogens with zero attached hydrogens (tertiary/aromatic N) is 1. The number of hydrogen-bond donors (Lipinski definition) is 2. The van der Waals surface area contributed by atoms with Crippen LogP contribution in [0.1, 0.15) is 29.3 Å². The molecule has 0 aromatic heterocycles. The van der Waals surface area contributed by atoms with Crippen molar-refractivity contribution in [1.29, 1.82) is 0 Å². The zero-order valence-corrected chi connectivity index (χ0v) is 10.8. The third kappa shape index (κ3) is 4.45. The molecule has 0 saturated heterocycles. The Morgan fingerprint density at radius 2 is 2.06 bits per heavy atom. The topological polar surface area (TPSA) is 76.7 Å². The van der Waals surface area contributed by atoms with Crippen LogP contribution in [0.15, 0.2) is 29.3 Å². The minimum Gasteiger partial charge on any atom is -0.465 e. The van der Waals surface area contributed by atoms with E-state index in [1.54, 1.807) is 12.1 Å². The van der Waals surface area contributed by atoms with Gasteiger partial charge in [-0.1, -0.05) is 19.1 Å². The van der Waals surface area contributed by atoms with Crippen LogP contribution >= 0.6 is 0 Å². The summed E-state index contributed by atoms with van der Waals surface area (Å²) in [6.45, 7) is 3.37. The summed E-state index contributed by atoms with van der Waals surface area (Å²) in [5, 5.41) is 2.99. The van der Waals surface area contributed by atoms with E-state index in [4.69, 9.17) is 5.73 Å². The van der Waals surface area contributed by atoms with E-state index >= 15 is 0 Å². The Kier molecular flexibility index (Phi) is 5.70. The molecule has 1 rings (SSSR count). The van der Waals surface area contributed by atoms with Crippen molar-refractivity contribution in [2.45, 2.75) is 19.9 Å². The highest BCUT2D eigenvalue weighted by molar-refractivity contribution is 5.89. The fourth-order valence-corrected chi connectivity index (χ4v) is 1.35. The summed E-state index contributed by atoms with van der Waals surface area (Å²) < 4.78 is 4.62. The summed E-state index contributed by atoms with van der Waals surface area (Å²) in [6, 6.07) is 7.10. The van der Waals surface area contributed by atoms with Gasteiger partial charge in [0.15, 0.2) is 5.96 Å². The Balaban J connectivity index is 2.56. The van der Waals surface area contributed by atoms with Crippen molar-refractivity contribution in [2.75, 3.05) is 13.7 Å². The van der Waals surface area contributed by atoms with E-state index in [1.807, 2.05) is 12.1 Å². The molecule has 1 aromatic rings. The van der Waals surface area contributed by atoms with Gasteiger partial charge in [-0.2, -0.15) is 0 Å². The van der Waals surface area contributed by atoms with Crippen LogP contribution in [0, 0.1) is 0 Å². The molecular formula is C13H19N3O2. The first-order chi connectivity index (χ1) is 8.67. The highest BCUT2D eigenvalue weighted by Gasteiger charge is 2.03. The van der Waals surface area contributed by atoms with Gasteiger partial charge in [-0.3, -0.25) is 0 Å². The first kappa shape index (κ1) is 14.0. The monoisotopic (exact) mass is 249 g/mol. The molecule has 1 aromatic carbocycles. The lowest BCUT2D eigenvalue weighted by molar-refractivity contribution is 0.0600. The van der Waals surface area contributed by atoms with E-state index in [-0.39, 0.29) is 5.97 Å². The van der Waals surface area contributed by atoms with Crippen LogP contribution in [-0.4, -0.2) is 25.6 Å². The van der Waals surface area contributed by atoms with Crippen LogP contribution in [0.2, 0.25) is 0 Å². The van der Waals surface area contributed by atoms with Gasteiger partial charge in [-0.05, 0) is 24.1 Å². The average molecular weight is 249 g/mol. The second-order valence-electron chi connectivity index (χ2n) is 3.82. The number of methoxy groups -OCH3 is 1. The van der Waals surface area contributed by atoms with Gasteiger partial charge in [-0.25, -0.2) is 9.79 Å². The van der Waals surface area contributed by atoms with Gasteiger partial charge in [0.05, 0.1) is 19.2 Å². The lowest BCUT2D eigenvalue weighted by Gasteiger charge is -2.04. The normalized spacial score (nSPS) is 11.1. The third-order valence-electron chi connectivity index (χ3n) is 2.36. The molecule has 3 N–H and O–H groups in total. The number of carbonyl (C=O) groups excluding carboxylic acids is 1. The predicted octanol–water partition coefficient (Wildman–Crippen LogP) is 1.29. The Labute approximate surface area is 107 Å². The van der Waals surface area contributed by atoms with Gasteiger partial charge in [0.1, 0.15) is 0 Å². The van der Waals surface area contributed by atoms with Crippen LogP contribution in [0.4, 0.5) is 0 Å². The quantitative estimate of drug-likeness (QED) is 0.468. The van der Waals surface area contributed by atoms with Crippen LogP contribution in [0.3, 0.4) is 0 Å². The number of nitrogens with two attached hydrogens (primary N) is 1. The average Bonchev–Trinajstić information content (AvgIpc) is 2.42. The molecule has 5 nitrogen and oxygen atoms in total. The van der Waals surface area contributed by atoms with E-state index in [1.165, 1.54) is 7.11 Å². The van der Waals surface area contributed by atoms with Gasteiger partial charge in [0.25, 0.3) is 0 Å². The highest BCUT2D eigenvalue weighted by atomic mass is 16.5. The molecule has 0 radical (unpaired) electrons. The summed E-state index contributed by atoms with van der Waals surface area (Å²) in [7, 11) is 1.36. The molecule has 0 amide bonds. The maximum Gasteiger partial charge on any atom is 0.337 e. The van der Waals surface area contributed by atoms with Crippen molar-refractivity contribution < 1.29 is 9.53 Å². The summed E-state index contributed by atoms with van der Waals surface area (Å²) >= 11 is 0. The standard InChI is InChI=1S/C13H19N3O2/c1-3-8-15-13(14)16-9-10-4-6-11(7-5-10)12(17)18-2/h4-7H,3,8-9H2,1-2H3,(H3,14,15,16). The smallest absolute Gasteiger partial charge is 0.337 e. The van der Waals surface area contributed by atoms with Crippen molar-refractivity contribution >= 4 is 11.9 Å². The van der Waals surface area contributed by atoms with Gasteiger partial charge < -0.3 is 15.8 Å². The number of rotatable bonds is 5. The molecule has 0 aliphatic heterocycles. The zero-order valence-electron chi connectivity index (χ0n) is 10.8. The summed E-state index contributed by atoms with van der Waals surface area (Å²) in [5.41, 5.74) is 7.19. The highest BCUT2D eigenvalue weighted by Crippen LogP contribution is 2.06. The lowest BCUT2D eigenvalue weighted by Crippen LogP contribution is -2.32. The first-order valence-electron chi connectivity index (χ1n) is 5.88. The van der Waals surface area contributed by atoms with Crippen LogP contribution in [-0.2, 0) is 11.3 Å². The van der Waals surface area contributed by atoms with Crippen molar-refractivity contribution in [3.63, 3.8) is 0 Å².